The van der Waals surface area contributed by atoms with Gasteiger partial charge in [0.15, 0.2) is 0 Å². The molecule has 0 saturated heterocycles. The Kier molecular flexibility index (Phi) is 4.75. The van der Waals surface area contributed by atoms with Gasteiger partial charge in [0, 0.05) is 4.47 Å². The van der Waals surface area contributed by atoms with Gasteiger partial charge >= 0.3 is 6.03 Å². The number of furan rings is 1. The second kappa shape index (κ2) is 6.53. The number of urea groups is 1. The standard InChI is InChI=1S/C13H12BrFN2O3/c14-9-6-8(15)3-4-10(9)17-13(19)16-7-11(18)12-2-1-5-20-12/h1-6,11,18H,7H2,(H2,16,17,19). The van der Waals surface area contributed by atoms with Gasteiger partial charge in [0.1, 0.15) is 17.7 Å². The summed E-state index contributed by atoms with van der Waals surface area (Å²) in [5.41, 5.74) is 0.427. The van der Waals surface area contributed by atoms with Crippen molar-refractivity contribution in [1.29, 1.82) is 0 Å². The number of carbonyl (C=O) groups is 1. The van der Waals surface area contributed by atoms with Crippen LogP contribution in [0.25, 0.3) is 0 Å². The van der Waals surface area contributed by atoms with Gasteiger partial charge in [-0.15, -0.1) is 0 Å². The molecule has 0 aliphatic heterocycles. The third-order valence-electron chi connectivity index (χ3n) is 2.51. The van der Waals surface area contributed by atoms with Gasteiger partial charge in [-0.3, -0.25) is 0 Å². The number of aliphatic hydroxyl groups excluding tert-OH is 1. The van der Waals surface area contributed by atoms with Gasteiger partial charge in [-0.25, -0.2) is 9.18 Å². The zero-order chi connectivity index (χ0) is 14.5. The lowest BCUT2D eigenvalue weighted by Crippen LogP contribution is -2.32. The normalized spacial score (nSPS) is 11.9. The SMILES string of the molecule is O=C(NCC(O)c1ccco1)Nc1ccc(F)cc1Br. The van der Waals surface area contributed by atoms with Crippen molar-refractivity contribution in [3.63, 3.8) is 0 Å². The van der Waals surface area contributed by atoms with Gasteiger partial charge in [0.05, 0.1) is 18.5 Å². The maximum atomic E-state index is 12.9. The molecule has 3 N–H and O–H groups in total. The molecule has 0 aliphatic rings. The van der Waals surface area contributed by atoms with Crippen molar-refractivity contribution in [2.45, 2.75) is 6.10 Å². The first kappa shape index (κ1) is 14.5. The first-order valence-electron chi connectivity index (χ1n) is 5.77. The summed E-state index contributed by atoms with van der Waals surface area (Å²) >= 11 is 3.14. The van der Waals surface area contributed by atoms with Gasteiger partial charge in [0.25, 0.3) is 0 Å². The van der Waals surface area contributed by atoms with Crippen molar-refractivity contribution in [1.82, 2.24) is 5.32 Å². The summed E-state index contributed by atoms with van der Waals surface area (Å²) in [6.45, 7) is -0.00183. The molecule has 106 valence electrons. The number of benzene rings is 1. The summed E-state index contributed by atoms with van der Waals surface area (Å²) in [5.74, 6) is -0.0377. The fraction of sp³-hybridized carbons (Fsp3) is 0.154. The number of aliphatic hydroxyl groups is 1. The van der Waals surface area contributed by atoms with Crippen LogP contribution in [0.3, 0.4) is 0 Å². The molecule has 0 bridgehead atoms. The number of rotatable bonds is 4. The molecule has 0 aliphatic carbocycles. The van der Waals surface area contributed by atoms with Crippen molar-refractivity contribution < 1.29 is 18.7 Å². The van der Waals surface area contributed by atoms with E-state index in [4.69, 9.17) is 4.42 Å². The van der Waals surface area contributed by atoms with Crippen molar-refractivity contribution in [3.8, 4) is 0 Å². The summed E-state index contributed by atoms with van der Waals surface area (Å²) in [7, 11) is 0. The summed E-state index contributed by atoms with van der Waals surface area (Å²) in [4.78, 5) is 11.6. The Morgan fingerprint density at radius 3 is 2.90 bits per heavy atom. The van der Waals surface area contributed by atoms with E-state index >= 15 is 0 Å². The number of hydrogen-bond acceptors (Lipinski definition) is 3. The number of carbonyl (C=O) groups excluding carboxylic acids is 1. The van der Waals surface area contributed by atoms with E-state index in [1.807, 2.05) is 0 Å². The topological polar surface area (TPSA) is 74.5 Å². The highest BCUT2D eigenvalue weighted by molar-refractivity contribution is 9.10. The van der Waals surface area contributed by atoms with Crippen LogP contribution in [-0.2, 0) is 0 Å². The monoisotopic (exact) mass is 342 g/mol. The molecule has 1 aromatic heterocycles. The summed E-state index contributed by atoms with van der Waals surface area (Å²) in [6.07, 6.45) is 0.515. The smallest absolute Gasteiger partial charge is 0.319 e. The van der Waals surface area contributed by atoms with Crippen molar-refractivity contribution in [2.24, 2.45) is 0 Å². The van der Waals surface area contributed by atoms with Crippen LogP contribution in [0.15, 0.2) is 45.5 Å². The Labute approximate surface area is 122 Å². The van der Waals surface area contributed by atoms with Crippen LogP contribution in [0.4, 0.5) is 14.9 Å². The summed E-state index contributed by atoms with van der Waals surface area (Å²) in [6, 6.07) is 6.66. The van der Waals surface area contributed by atoms with Crippen LogP contribution in [0.5, 0.6) is 0 Å². The second-order valence-corrected chi connectivity index (χ2v) is 4.84. The van der Waals surface area contributed by atoms with E-state index in [0.29, 0.717) is 15.9 Å². The Morgan fingerprint density at radius 1 is 1.45 bits per heavy atom. The molecule has 0 saturated carbocycles. The average molecular weight is 343 g/mol. The molecule has 1 heterocycles. The third kappa shape index (κ3) is 3.82. The second-order valence-electron chi connectivity index (χ2n) is 3.99. The Bertz CT molecular complexity index is 589. The zero-order valence-electron chi connectivity index (χ0n) is 10.3. The van der Waals surface area contributed by atoms with E-state index in [0.717, 1.165) is 0 Å². The molecule has 5 nitrogen and oxygen atoms in total. The molecule has 0 fully saturated rings. The summed E-state index contributed by atoms with van der Waals surface area (Å²) < 4.78 is 18.3. The number of nitrogens with one attached hydrogen (secondary N) is 2. The van der Waals surface area contributed by atoms with Crippen molar-refractivity contribution in [3.05, 3.63) is 52.6 Å². The van der Waals surface area contributed by atoms with E-state index in [1.165, 1.54) is 24.5 Å². The molecule has 0 radical (unpaired) electrons. The van der Waals surface area contributed by atoms with Crippen LogP contribution in [0.2, 0.25) is 0 Å². The van der Waals surface area contributed by atoms with E-state index in [1.54, 1.807) is 12.1 Å². The highest BCUT2D eigenvalue weighted by Crippen LogP contribution is 2.22. The Balaban J connectivity index is 1.86. The van der Waals surface area contributed by atoms with Crippen LogP contribution in [0.1, 0.15) is 11.9 Å². The van der Waals surface area contributed by atoms with Gasteiger partial charge in [-0.05, 0) is 46.3 Å². The molecule has 7 heteroatoms. The molecular weight excluding hydrogens is 331 g/mol. The van der Waals surface area contributed by atoms with E-state index in [9.17, 15) is 14.3 Å². The molecule has 2 aromatic rings. The van der Waals surface area contributed by atoms with Gasteiger partial charge in [0.2, 0.25) is 0 Å². The molecule has 0 spiro atoms. The van der Waals surface area contributed by atoms with E-state index in [2.05, 4.69) is 26.6 Å². The molecule has 1 aromatic carbocycles. The Morgan fingerprint density at radius 2 is 2.25 bits per heavy atom. The highest BCUT2D eigenvalue weighted by Gasteiger charge is 2.12. The maximum absolute atomic E-state index is 12.9. The lowest BCUT2D eigenvalue weighted by atomic mass is 10.3. The minimum absolute atomic E-state index is 0.00183. The quantitative estimate of drug-likeness (QED) is 0.799. The van der Waals surface area contributed by atoms with Gasteiger partial charge < -0.3 is 20.2 Å². The maximum Gasteiger partial charge on any atom is 0.319 e. The number of anilines is 1. The predicted octanol–water partition coefficient (Wildman–Crippen LogP) is 3.04. The fourth-order valence-electron chi connectivity index (χ4n) is 1.53. The van der Waals surface area contributed by atoms with Gasteiger partial charge in [-0.1, -0.05) is 0 Å². The minimum Gasteiger partial charge on any atom is -0.467 e. The zero-order valence-corrected chi connectivity index (χ0v) is 11.9. The average Bonchev–Trinajstić information content (AvgIpc) is 2.93. The van der Waals surface area contributed by atoms with Crippen LogP contribution in [-0.4, -0.2) is 17.7 Å². The first-order valence-corrected chi connectivity index (χ1v) is 6.57. The number of halogens is 2. The van der Waals surface area contributed by atoms with E-state index < -0.39 is 18.0 Å². The molecule has 2 rings (SSSR count). The lowest BCUT2D eigenvalue weighted by molar-refractivity contribution is 0.149. The number of hydrogen-bond donors (Lipinski definition) is 3. The van der Waals surface area contributed by atoms with Gasteiger partial charge in [-0.2, -0.15) is 0 Å². The third-order valence-corrected chi connectivity index (χ3v) is 3.16. The highest BCUT2D eigenvalue weighted by atomic mass is 79.9. The minimum atomic E-state index is -0.924. The van der Waals surface area contributed by atoms with E-state index in [-0.39, 0.29) is 6.54 Å². The molecule has 2 amide bonds. The lowest BCUT2D eigenvalue weighted by Gasteiger charge is -2.11. The first-order chi connectivity index (χ1) is 9.56. The molecule has 20 heavy (non-hydrogen) atoms. The van der Waals surface area contributed by atoms with Crippen molar-refractivity contribution in [2.75, 3.05) is 11.9 Å². The molecular formula is C13H12BrFN2O3. The Hall–Kier alpha value is -1.86. The fourth-order valence-corrected chi connectivity index (χ4v) is 1.98. The van der Waals surface area contributed by atoms with Crippen LogP contribution >= 0.6 is 15.9 Å². The van der Waals surface area contributed by atoms with Crippen LogP contribution in [0, 0.1) is 5.82 Å². The van der Waals surface area contributed by atoms with Crippen LogP contribution < -0.4 is 10.6 Å². The molecule has 1 unspecified atom stereocenters. The molecule has 1 atom stereocenters. The number of amides is 2. The largest absolute Gasteiger partial charge is 0.467 e. The van der Waals surface area contributed by atoms with Crippen molar-refractivity contribution >= 4 is 27.6 Å². The summed E-state index contributed by atoms with van der Waals surface area (Å²) in [5, 5.41) is 14.7. The predicted molar refractivity (Wildman–Crippen MR) is 74.8 cm³/mol.